The second kappa shape index (κ2) is 3.59. The Morgan fingerprint density at radius 1 is 1.43 bits per heavy atom. The summed E-state index contributed by atoms with van der Waals surface area (Å²) in [5.41, 5.74) is 1.03. The summed E-state index contributed by atoms with van der Waals surface area (Å²) in [5.74, 6) is 0.564. The van der Waals surface area contributed by atoms with E-state index in [1.54, 1.807) is 15.6 Å². The maximum Gasteiger partial charge on any atom is 0.152 e. The van der Waals surface area contributed by atoms with Crippen LogP contribution in [-0.2, 0) is 20.2 Å². The molecule has 0 atom stereocenters. The standard InChI is InChI=1S/C8H11N5O/c1-12-3-7(2-10-12)4-13-8(5-14)9-6-11-13/h2-3,6,14H,4-5H2,1H3. The minimum absolute atomic E-state index is 0.0970. The topological polar surface area (TPSA) is 68.8 Å². The Morgan fingerprint density at radius 2 is 2.29 bits per heavy atom. The Balaban J connectivity index is 2.18. The van der Waals surface area contributed by atoms with E-state index in [1.807, 2.05) is 13.2 Å². The van der Waals surface area contributed by atoms with Gasteiger partial charge >= 0.3 is 0 Å². The number of aliphatic hydroxyl groups excluding tert-OH is 1. The first kappa shape index (κ1) is 8.89. The maximum absolute atomic E-state index is 8.95. The number of nitrogens with zero attached hydrogens (tertiary/aromatic N) is 5. The molecule has 6 heteroatoms. The molecule has 2 rings (SSSR count). The first-order valence-corrected chi connectivity index (χ1v) is 4.24. The summed E-state index contributed by atoms with van der Waals surface area (Å²) < 4.78 is 3.38. The van der Waals surface area contributed by atoms with E-state index in [2.05, 4.69) is 15.2 Å². The highest BCUT2D eigenvalue weighted by molar-refractivity contribution is 5.04. The summed E-state index contributed by atoms with van der Waals surface area (Å²) in [6, 6.07) is 0. The minimum Gasteiger partial charge on any atom is -0.388 e. The number of aromatic nitrogens is 5. The summed E-state index contributed by atoms with van der Waals surface area (Å²) in [5, 5.41) is 17.0. The lowest BCUT2D eigenvalue weighted by atomic mass is 10.3. The molecule has 74 valence electrons. The molecule has 0 bridgehead atoms. The molecule has 1 N–H and O–H groups in total. The van der Waals surface area contributed by atoms with Gasteiger partial charge in [-0.05, 0) is 0 Å². The average Bonchev–Trinajstić information content (AvgIpc) is 2.76. The van der Waals surface area contributed by atoms with Crippen LogP contribution in [0.2, 0.25) is 0 Å². The Hall–Kier alpha value is -1.69. The molecule has 0 aliphatic heterocycles. The third kappa shape index (κ3) is 1.64. The fourth-order valence-corrected chi connectivity index (χ4v) is 1.27. The highest BCUT2D eigenvalue weighted by Gasteiger charge is 2.04. The Morgan fingerprint density at radius 3 is 2.93 bits per heavy atom. The largest absolute Gasteiger partial charge is 0.388 e. The van der Waals surface area contributed by atoms with Crippen LogP contribution in [0.15, 0.2) is 18.7 Å². The van der Waals surface area contributed by atoms with E-state index in [-0.39, 0.29) is 6.61 Å². The lowest BCUT2D eigenvalue weighted by Gasteiger charge is -2.00. The van der Waals surface area contributed by atoms with Crippen molar-refractivity contribution in [3.63, 3.8) is 0 Å². The zero-order valence-corrected chi connectivity index (χ0v) is 7.83. The summed E-state index contributed by atoms with van der Waals surface area (Å²) >= 11 is 0. The fraction of sp³-hybridized carbons (Fsp3) is 0.375. The van der Waals surface area contributed by atoms with Gasteiger partial charge in [0.15, 0.2) is 5.82 Å². The molecule has 2 aromatic heterocycles. The van der Waals surface area contributed by atoms with Crippen LogP contribution in [-0.4, -0.2) is 29.7 Å². The van der Waals surface area contributed by atoms with Crippen LogP contribution in [0, 0.1) is 0 Å². The van der Waals surface area contributed by atoms with Crippen LogP contribution in [0.4, 0.5) is 0 Å². The molecule has 0 aliphatic carbocycles. The quantitative estimate of drug-likeness (QED) is 0.717. The summed E-state index contributed by atoms with van der Waals surface area (Å²) in [4.78, 5) is 3.91. The first-order valence-electron chi connectivity index (χ1n) is 4.24. The van der Waals surface area contributed by atoms with Crippen LogP contribution >= 0.6 is 0 Å². The summed E-state index contributed by atoms with van der Waals surface area (Å²) in [6.45, 7) is 0.490. The minimum atomic E-state index is -0.0970. The normalized spacial score (nSPS) is 10.7. The van der Waals surface area contributed by atoms with Crippen molar-refractivity contribution in [1.82, 2.24) is 24.5 Å². The molecule has 0 radical (unpaired) electrons. The summed E-state index contributed by atoms with van der Waals surface area (Å²) in [7, 11) is 1.86. The third-order valence-corrected chi connectivity index (χ3v) is 1.93. The molecule has 14 heavy (non-hydrogen) atoms. The van der Waals surface area contributed by atoms with Crippen molar-refractivity contribution in [2.24, 2.45) is 7.05 Å². The number of rotatable bonds is 3. The van der Waals surface area contributed by atoms with Crippen LogP contribution < -0.4 is 0 Å². The van der Waals surface area contributed by atoms with Crippen molar-refractivity contribution in [3.8, 4) is 0 Å². The van der Waals surface area contributed by atoms with Gasteiger partial charge in [-0.25, -0.2) is 9.67 Å². The smallest absolute Gasteiger partial charge is 0.152 e. The van der Waals surface area contributed by atoms with E-state index in [9.17, 15) is 0 Å². The van der Waals surface area contributed by atoms with Gasteiger partial charge in [0, 0.05) is 18.8 Å². The number of hydrogen-bond acceptors (Lipinski definition) is 4. The van der Waals surface area contributed by atoms with Crippen molar-refractivity contribution in [3.05, 3.63) is 30.1 Å². The molecule has 0 unspecified atom stereocenters. The van der Waals surface area contributed by atoms with Crippen molar-refractivity contribution < 1.29 is 5.11 Å². The van der Waals surface area contributed by atoms with Crippen molar-refractivity contribution in [2.45, 2.75) is 13.2 Å². The highest BCUT2D eigenvalue weighted by atomic mass is 16.3. The van der Waals surface area contributed by atoms with Gasteiger partial charge in [0.1, 0.15) is 12.9 Å². The second-order valence-corrected chi connectivity index (χ2v) is 3.01. The molecule has 0 spiro atoms. The molecule has 0 amide bonds. The van der Waals surface area contributed by atoms with Crippen molar-refractivity contribution in [2.75, 3.05) is 0 Å². The van der Waals surface area contributed by atoms with E-state index in [0.717, 1.165) is 5.56 Å². The predicted molar refractivity (Wildman–Crippen MR) is 48.3 cm³/mol. The van der Waals surface area contributed by atoms with Crippen molar-refractivity contribution in [1.29, 1.82) is 0 Å². The zero-order valence-electron chi connectivity index (χ0n) is 7.83. The molecule has 0 saturated heterocycles. The molecule has 0 saturated carbocycles. The van der Waals surface area contributed by atoms with E-state index in [4.69, 9.17) is 5.11 Å². The SMILES string of the molecule is Cn1cc(Cn2ncnc2CO)cn1. The van der Waals surface area contributed by atoms with Crippen LogP contribution in [0.3, 0.4) is 0 Å². The Kier molecular flexibility index (Phi) is 2.28. The van der Waals surface area contributed by atoms with E-state index in [1.165, 1.54) is 6.33 Å². The van der Waals surface area contributed by atoms with Gasteiger partial charge in [-0.3, -0.25) is 4.68 Å². The van der Waals surface area contributed by atoms with Gasteiger partial charge in [-0.2, -0.15) is 10.2 Å². The number of aliphatic hydroxyl groups is 1. The Bertz CT molecular complexity index is 419. The molecule has 6 nitrogen and oxygen atoms in total. The van der Waals surface area contributed by atoms with E-state index >= 15 is 0 Å². The second-order valence-electron chi connectivity index (χ2n) is 3.01. The molecular formula is C8H11N5O. The molecule has 0 aromatic carbocycles. The zero-order chi connectivity index (χ0) is 9.97. The fourth-order valence-electron chi connectivity index (χ4n) is 1.27. The molecule has 0 fully saturated rings. The van der Waals surface area contributed by atoms with Crippen LogP contribution in [0.25, 0.3) is 0 Å². The van der Waals surface area contributed by atoms with Gasteiger partial charge in [0.05, 0.1) is 12.7 Å². The van der Waals surface area contributed by atoms with Crippen molar-refractivity contribution >= 4 is 0 Å². The third-order valence-electron chi connectivity index (χ3n) is 1.93. The lowest BCUT2D eigenvalue weighted by Crippen LogP contribution is -2.06. The predicted octanol–water partition coefficient (Wildman–Crippen LogP) is -0.448. The first-order chi connectivity index (χ1) is 6.79. The number of aryl methyl sites for hydroxylation is 1. The van der Waals surface area contributed by atoms with E-state index in [0.29, 0.717) is 12.4 Å². The molecular weight excluding hydrogens is 182 g/mol. The van der Waals surface area contributed by atoms with Gasteiger partial charge in [0.2, 0.25) is 0 Å². The Labute approximate surface area is 80.8 Å². The summed E-state index contributed by atoms with van der Waals surface area (Å²) in [6.07, 6.45) is 5.10. The van der Waals surface area contributed by atoms with Gasteiger partial charge in [-0.1, -0.05) is 0 Å². The van der Waals surface area contributed by atoms with Gasteiger partial charge in [-0.15, -0.1) is 0 Å². The highest BCUT2D eigenvalue weighted by Crippen LogP contribution is 2.01. The van der Waals surface area contributed by atoms with Crippen LogP contribution in [0.1, 0.15) is 11.4 Å². The number of hydrogen-bond donors (Lipinski definition) is 1. The molecule has 2 heterocycles. The maximum atomic E-state index is 8.95. The average molecular weight is 193 g/mol. The molecule has 0 aliphatic rings. The van der Waals surface area contributed by atoms with Crippen LogP contribution in [0.5, 0.6) is 0 Å². The lowest BCUT2D eigenvalue weighted by molar-refractivity contribution is 0.264. The molecule has 2 aromatic rings. The monoisotopic (exact) mass is 193 g/mol. The van der Waals surface area contributed by atoms with Gasteiger partial charge in [0.25, 0.3) is 0 Å². The van der Waals surface area contributed by atoms with Gasteiger partial charge < -0.3 is 5.11 Å². The van der Waals surface area contributed by atoms with E-state index < -0.39 is 0 Å².